The zero-order chi connectivity index (χ0) is 16.3. The minimum atomic E-state index is -0.590. The first-order chi connectivity index (χ1) is 11.1. The molecule has 0 radical (unpaired) electrons. The van der Waals surface area contributed by atoms with E-state index < -0.39 is 5.54 Å². The van der Waals surface area contributed by atoms with Crippen molar-refractivity contribution in [1.29, 1.82) is 0 Å². The molecule has 0 bridgehead atoms. The second kappa shape index (κ2) is 6.54. The summed E-state index contributed by atoms with van der Waals surface area (Å²) in [5.41, 5.74) is 1.37. The van der Waals surface area contributed by atoms with Gasteiger partial charge >= 0.3 is 0 Å². The van der Waals surface area contributed by atoms with Crippen molar-refractivity contribution < 1.29 is 9.32 Å². The van der Waals surface area contributed by atoms with Gasteiger partial charge in [-0.25, -0.2) is 0 Å². The molecule has 1 aliphatic heterocycles. The molecule has 2 aromatic heterocycles. The first kappa shape index (κ1) is 15.7. The van der Waals surface area contributed by atoms with Gasteiger partial charge in [0.15, 0.2) is 0 Å². The molecule has 3 rings (SSSR count). The molecule has 124 valence electrons. The molecule has 1 saturated heterocycles. The van der Waals surface area contributed by atoms with Crippen LogP contribution in [-0.4, -0.2) is 40.5 Å². The average Bonchev–Trinajstić information content (AvgIpc) is 3.21. The van der Waals surface area contributed by atoms with Gasteiger partial charge in [-0.3, -0.25) is 9.48 Å². The van der Waals surface area contributed by atoms with E-state index in [0.29, 0.717) is 6.54 Å². The number of nitrogens with zero attached hydrogens (tertiary/aromatic N) is 3. The number of carbonyl (C=O) groups is 1. The fraction of sp³-hybridized carbons (Fsp3) is 0.562. The molecule has 2 N–H and O–H groups in total. The van der Waals surface area contributed by atoms with E-state index in [9.17, 15) is 4.79 Å². The van der Waals surface area contributed by atoms with Crippen molar-refractivity contribution in [3.05, 3.63) is 35.5 Å². The standard InChI is InChI=1S/C16H23N5O2/c1-12-14(13(2)23-20-12)4-8-18-15(22)16(5-9-17-10-6-16)21-11-3-7-19-21/h3,7,11,17H,4-6,8-10H2,1-2H3,(H,18,22). The van der Waals surface area contributed by atoms with E-state index in [-0.39, 0.29) is 5.91 Å². The summed E-state index contributed by atoms with van der Waals surface area (Å²) < 4.78 is 6.97. The molecule has 0 unspecified atom stereocenters. The zero-order valence-corrected chi connectivity index (χ0v) is 13.6. The lowest BCUT2D eigenvalue weighted by Gasteiger charge is -2.36. The van der Waals surface area contributed by atoms with Crippen LogP contribution >= 0.6 is 0 Å². The van der Waals surface area contributed by atoms with E-state index in [4.69, 9.17) is 4.52 Å². The number of aromatic nitrogens is 3. The molecular weight excluding hydrogens is 294 g/mol. The highest BCUT2D eigenvalue weighted by Crippen LogP contribution is 2.27. The van der Waals surface area contributed by atoms with E-state index >= 15 is 0 Å². The smallest absolute Gasteiger partial charge is 0.248 e. The number of piperidine rings is 1. The molecule has 0 aliphatic carbocycles. The SMILES string of the molecule is Cc1noc(C)c1CCNC(=O)C1(n2cccn2)CCNCC1. The molecule has 0 saturated carbocycles. The Balaban J connectivity index is 1.68. The summed E-state index contributed by atoms with van der Waals surface area (Å²) in [6.07, 6.45) is 5.80. The Hall–Kier alpha value is -2.15. The molecule has 3 heterocycles. The van der Waals surface area contributed by atoms with Crippen molar-refractivity contribution in [2.24, 2.45) is 0 Å². The van der Waals surface area contributed by atoms with Crippen molar-refractivity contribution in [1.82, 2.24) is 25.6 Å². The summed E-state index contributed by atoms with van der Waals surface area (Å²) in [4.78, 5) is 12.9. The molecule has 7 nitrogen and oxygen atoms in total. The molecule has 1 amide bonds. The molecule has 1 fully saturated rings. The molecule has 0 aromatic carbocycles. The maximum Gasteiger partial charge on any atom is 0.248 e. The maximum absolute atomic E-state index is 12.9. The molecule has 0 atom stereocenters. The van der Waals surface area contributed by atoms with Crippen molar-refractivity contribution in [3.8, 4) is 0 Å². The van der Waals surface area contributed by atoms with Gasteiger partial charge in [0.25, 0.3) is 0 Å². The van der Waals surface area contributed by atoms with Gasteiger partial charge in [-0.1, -0.05) is 5.16 Å². The normalized spacial score (nSPS) is 17.1. The van der Waals surface area contributed by atoms with E-state index in [0.717, 1.165) is 49.4 Å². The highest BCUT2D eigenvalue weighted by Gasteiger charge is 2.41. The van der Waals surface area contributed by atoms with Crippen molar-refractivity contribution in [2.45, 2.75) is 38.6 Å². The zero-order valence-electron chi connectivity index (χ0n) is 13.6. The largest absolute Gasteiger partial charge is 0.361 e. The number of hydrogen-bond acceptors (Lipinski definition) is 5. The van der Waals surface area contributed by atoms with E-state index in [1.165, 1.54) is 0 Å². The van der Waals surface area contributed by atoms with Crippen molar-refractivity contribution >= 4 is 5.91 Å². The van der Waals surface area contributed by atoms with E-state index in [1.807, 2.05) is 26.1 Å². The molecule has 23 heavy (non-hydrogen) atoms. The van der Waals surface area contributed by atoms with Crippen LogP contribution < -0.4 is 10.6 Å². The predicted octanol–water partition coefficient (Wildman–Crippen LogP) is 0.926. The third-order valence-corrected chi connectivity index (χ3v) is 4.64. The lowest BCUT2D eigenvalue weighted by molar-refractivity contribution is -0.131. The Bertz CT molecular complexity index is 637. The number of rotatable bonds is 5. The van der Waals surface area contributed by atoms with Gasteiger partial charge in [0.2, 0.25) is 5.91 Å². The highest BCUT2D eigenvalue weighted by atomic mass is 16.5. The number of aryl methyl sites for hydroxylation is 2. The summed E-state index contributed by atoms with van der Waals surface area (Å²) in [6, 6.07) is 1.86. The van der Waals surface area contributed by atoms with Crippen LogP contribution in [0.3, 0.4) is 0 Å². The number of amides is 1. The lowest BCUT2D eigenvalue weighted by atomic mass is 9.87. The minimum Gasteiger partial charge on any atom is -0.361 e. The highest BCUT2D eigenvalue weighted by molar-refractivity contribution is 5.84. The number of carbonyl (C=O) groups excluding carboxylic acids is 1. The van der Waals surface area contributed by atoms with Gasteiger partial charge in [-0.15, -0.1) is 0 Å². The van der Waals surface area contributed by atoms with E-state index in [1.54, 1.807) is 10.9 Å². The summed E-state index contributed by atoms with van der Waals surface area (Å²) in [5, 5.41) is 14.7. The molecule has 2 aromatic rings. The minimum absolute atomic E-state index is 0.0365. The van der Waals surface area contributed by atoms with Gasteiger partial charge < -0.3 is 15.2 Å². The Kier molecular flexibility index (Phi) is 4.47. The van der Waals surface area contributed by atoms with Crippen LogP contribution in [0.25, 0.3) is 0 Å². The Morgan fingerprint density at radius 2 is 2.22 bits per heavy atom. The van der Waals surface area contributed by atoms with Crippen LogP contribution in [0.15, 0.2) is 23.0 Å². The van der Waals surface area contributed by atoms with Gasteiger partial charge in [0.1, 0.15) is 11.3 Å². The molecule has 7 heteroatoms. The van der Waals surface area contributed by atoms with Crippen LogP contribution in [0.1, 0.15) is 29.9 Å². The fourth-order valence-corrected chi connectivity index (χ4v) is 3.25. The molecule has 0 spiro atoms. The monoisotopic (exact) mass is 317 g/mol. The van der Waals surface area contributed by atoms with E-state index in [2.05, 4.69) is 20.9 Å². The lowest BCUT2D eigenvalue weighted by Crippen LogP contribution is -2.54. The van der Waals surface area contributed by atoms with Crippen molar-refractivity contribution in [2.75, 3.05) is 19.6 Å². The molecule has 1 aliphatic rings. The maximum atomic E-state index is 12.9. The quantitative estimate of drug-likeness (QED) is 0.857. The molecular formula is C16H23N5O2. The summed E-state index contributed by atoms with van der Waals surface area (Å²) in [7, 11) is 0. The van der Waals surface area contributed by atoms with Crippen LogP contribution in [-0.2, 0) is 16.8 Å². The first-order valence-corrected chi connectivity index (χ1v) is 8.04. The summed E-state index contributed by atoms with van der Waals surface area (Å²) in [5.74, 6) is 0.856. The summed E-state index contributed by atoms with van der Waals surface area (Å²) >= 11 is 0. The van der Waals surface area contributed by atoms with Gasteiger partial charge in [0, 0.05) is 24.5 Å². The van der Waals surface area contributed by atoms with Gasteiger partial charge in [-0.05, 0) is 52.3 Å². The third kappa shape index (κ3) is 3.01. The fourth-order valence-electron chi connectivity index (χ4n) is 3.25. The topological polar surface area (TPSA) is 85.0 Å². The van der Waals surface area contributed by atoms with Gasteiger partial charge in [0.05, 0.1) is 5.69 Å². The van der Waals surface area contributed by atoms with Crippen LogP contribution in [0.4, 0.5) is 0 Å². The van der Waals surface area contributed by atoms with Crippen LogP contribution in [0.2, 0.25) is 0 Å². The second-order valence-corrected chi connectivity index (χ2v) is 6.04. The Morgan fingerprint density at radius 3 is 2.83 bits per heavy atom. The van der Waals surface area contributed by atoms with Gasteiger partial charge in [-0.2, -0.15) is 5.10 Å². The Morgan fingerprint density at radius 1 is 1.43 bits per heavy atom. The van der Waals surface area contributed by atoms with Crippen molar-refractivity contribution in [3.63, 3.8) is 0 Å². The predicted molar refractivity (Wildman–Crippen MR) is 85.0 cm³/mol. The Labute approximate surface area is 135 Å². The third-order valence-electron chi connectivity index (χ3n) is 4.64. The summed E-state index contributed by atoms with van der Waals surface area (Å²) in [6.45, 7) is 6.02. The number of nitrogens with one attached hydrogen (secondary N) is 2. The number of hydrogen-bond donors (Lipinski definition) is 2. The second-order valence-electron chi connectivity index (χ2n) is 6.04. The first-order valence-electron chi connectivity index (χ1n) is 8.04. The van der Waals surface area contributed by atoms with Crippen LogP contribution in [0.5, 0.6) is 0 Å². The van der Waals surface area contributed by atoms with Crippen LogP contribution in [0, 0.1) is 13.8 Å². The average molecular weight is 317 g/mol.